The van der Waals surface area contributed by atoms with E-state index in [4.69, 9.17) is 14.2 Å². The highest BCUT2D eigenvalue weighted by molar-refractivity contribution is 5.76. The van der Waals surface area contributed by atoms with Gasteiger partial charge in [-0.3, -0.25) is 4.79 Å². The van der Waals surface area contributed by atoms with Gasteiger partial charge in [0.15, 0.2) is 6.29 Å². The summed E-state index contributed by atoms with van der Waals surface area (Å²) in [6, 6.07) is 10.8. The molecule has 0 aliphatic heterocycles. The van der Waals surface area contributed by atoms with E-state index in [0.29, 0.717) is 30.9 Å². The molecule has 5 heteroatoms. The molecule has 0 spiro atoms. The largest absolute Gasteiger partial charge is 0.497 e. The van der Waals surface area contributed by atoms with Crippen LogP contribution in [0.2, 0.25) is 0 Å². The Hall–Kier alpha value is -2.56. The lowest BCUT2D eigenvalue weighted by Gasteiger charge is -2.10. The van der Waals surface area contributed by atoms with Gasteiger partial charge in [0.2, 0.25) is 0 Å². The van der Waals surface area contributed by atoms with E-state index in [1.165, 1.54) is 0 Å². The molecule has 1 aromatic carbocycles. The lowest BCUT2D eigenvalue weighted by Crippen LogP contribution is -2.10. The van der Waals surface area contributed by atoms with Gasteiger partial charge in [0.25, 0.3) is 0 Å². The first-order valence-corrected chi connectivity index (χ1v) is 6.55. The van der Waals surface area contributed by atoms with Crippen molar-refractivity contribution >= 4 is 6.29 Å². The van der Waals surface area contributed by atoms with Crippen LogP contribution in [0.5, 0.6) is 17.2 Å². The number of carbonyl (C=O) groups excluding carboxylic acids is 1. The highest BCUT2D eigenvalue weighted by atomic mass is 16.5. The van der Waals surface area contributed by atoms with Crippen molar-refractivity contribution in [1.82, 2.24) is 4.98 Å². The normalized spacial score (nSPS) is 10.0. The molecular weight excluding hydrogens is 270 g/mol. The number of ether oxygens (including phenoxy) is 3. The SMILES string of the molecule is COc1ccc(OCCOc2ccc(C)nc2C=O)cc1. The Labute approximate surface area is 123 Å². The lowest BCUT2D eigenvalue weighted by atomic mass is 10.3. The average Bonchev–Trinajstić information content (AvgIpc) is 2.53. The molecule has 0 fully saturated rings. The minimum Gasteiger partial charge on any atom is -0.497 e. The number of aldehydes is 1. The van der Waals surface area contributed by atoms with E-state index >= 15 is 0 Å². The number of aryl methyl sites for hydroxylation is 1. The second-order valence-electron chi connectivity index (χ2n) is 4.33. The molecule has 1 aromatic heterocycles. The fourth-order valence-electron chi connectivity index (χ4n) is 1.75. The third-order valence-electron chi connectivity index (χ3n) is 2.81. The van der Waals surface area contributed by atoms with Gasteiger partial charge in [-0.1, -0.05) is 0 Å². The van der Waals surface area contributed by atoms with Gasteiger partial charge in [0.05, 0.1) is 7.11 Å². The number of methoxy groups -OCH3 is 1. The Morgan fingerprint density at radius 2 is 1.67 bits per heavy atom. The number of hydrogen-bond acceptors (Lipinski definition) is 5. The molecule has 0 saturated heterocycles. The molecule has 110 valence electrons. The molecule has 1 heterocycles. The Balaban J connectivity index is 1.82. The molecule has 0 aliphatic rings. The van der Waals surface area contributed by atoms with Gasteiger partial charge in [-0.25, -0.2) is 4.98 Å². The quantitative estimate of drug-likeness (QED) is 0.579. The summed E-state index contributed by atoms with van der Waals surface area (Å²) in [4.78, 5) is 15.0. The summed E-state index contributed by atoms with van der Waals surface area (Å²) in [5, 5.41) is 0. The van der Waals surface area contributed by atoms with E-state index < -0.39 is 0 Å². The Kier molecular flexibility index (Phi) is 5.15. The molecule has 21 heavy (non-hydrogen) atoms. The number of rotatable bonds is 7. The van der Waals surface area contributed by atoms with E-state index in [1.807, 2.05) is 31.2 Å². The number of benzene rings is 1. The molecule has 0 aliphatic carbocycles. The third kappa shape index (κ3) is 4.21. The van der Waals surface area contributed by atoms with Crippen LogP contribution >= 0.6 is 0 Å². The molecule has 0 N–H and O–H groups in total. The van der Waals surface area contributed by atoms with Crippen molar-refractivity contribution in [1.29, 1.82) is 0 Å². The predicted molar refractivity (Wildman–Crippen MR) is 78.3 cm³/mol. The van der Waals surface area contributed by atoms with Crippen molar-refractivity contribution < 1.29 is 19.0 Å². The Morgan fingerprint density at radius 3 is 2.33 bits per heavy atom. The minimum atomic E-state index is 0.305. The van der Waals surface area contributed by atoms with Crippen LogP contribution in [0, 0.1) is 6.92 Å². The number of pyridine rings is 1. The van der Waals surface area contributed by atoms with Gasteiger partial charge in [-0.05, 0) is 43.3 Å². The summed E-state index contributed by atoms with van der Waals surface area (Å²) in [5.74, 6) is 1.98. The summed E-state index contributed by atoms with van der Waals surface area (Å²) in [6.07, 6.45) is 0.687. The fraction of sp³-hybridized carbons (Fsp3) is 0.250. The first kappa shape index (κ1) is 14.8. The van der Waals surface area contributed by atoms with Gasteiger partial charge < -0.3 is 14.2 Å². The van der Waals surface area contributed by atoms with Gasteiger partial charge in [0.1, 0.15) is 36.2 Å². The highest BCUT2D eigenvalue weighted by Gasteiger charge is 2.04. The topological polar surface area (TPSA) is 57.6 Å². The van der Waals surface area contributed by atoms with Gasteiger partial charge in [-0.2, -0.15) is 0 Å². The summed E-state index contributed by atoms with van der Waals surface area (Å²) >= 11 is 0. The second kappa shape index (κ2) is 7.28. The molecule has 2 rings (SSSR count). The number of nitrogens with zero attached hydrogens (tertiary/aromatic N) is 1. The Bertz CT molecular complexity index is 596. The van der Waals surface area contributed by atoms with Crippen molar-refractivity contribution in [2.24, 2.45) is 0 Å². The van der Waals surface area contributed by atoms with Crippen molar-refractivity contribution in [3.05, 3.63) is 47.8 Å². The maximum atomic E-state index is 10.9. The highest BCUT2D eigenvalue weighted by Crippen LogP contribution is 2.17. The summed E-state index contributed by atoms with van der Waals surface area (Å²) < 4.78 is 16.1. The monoisotopic (exact) mass is 287 g/mol. The number of hydrogen-bond donors (Lipinski definition) is 0. The van der Waals surface area contributed by atoms with Crippen LogP contribution in [0.1, 0.15) is 16.2 Å². The zero-order chi connectivity index (χ0) is 15.1. The van der Waals surface area contributed by atoms with E-state index in [0.717, 1.165) is 17.2 Å². The van der Waals surface area contributed by atoms with Crippen molar-refractivity contribution in [3.63, 3.8) is 0 Å². The summed E-state index contributed by atoms with van der Waals surface area (Å²) in [7, 11) is 1.62. The predicted octanol–water partition coefficient (Wildman–Crippen LogP) is 2.67. The number of aromatic nitrogens is 1. The Morgan fingerprint density at radius 1 is 1.00 bits per heavy atom. The average molecular weight is 287 g/mol. The van der Waals surface area contributed by atoms with Crippen LogP contribution in [-0.4, -0.2) is 31.6 Å². The summed E-state index contributed by atoms with van der Waals surface area (Å²) in [5.41, 5.74) is 1.08. The molecular formula is C16H17NO4. The van der Waals surface area contributed by atoms with Crippen LogP contribution < -0.4 is 14.2 Å². The van der Waals surface area contributed by atoms with Crippen LogP contribution in [-0.2, 0) is 0 Å². The van der Waals surface area contributed by atoms with Crippen LogP contribution in [0.25, 0.3) is 0 Å². The van der Waals surface area contributed by atoms with Crippen molar-refractivity contribution in [2.75, 3.05) is 20.3 Å². The van der Waals surface area contributed by atoms with Gasteiger partial charge >= 0.3 is 0 Å². The lowest BCUT2D eigenvalue weighted by molar-refractivity contribution is 0.111. The first-order valence-electron chi connectivity index (χ1n) is 6.55. The van der Waals surface area contributed by atoms with E-state index in [1.54, 1.807) is 19.2 Å². The molecule has 0 unspecified atom stereocenters. The van der Waals surface area contributed by atoms with Crippen LogP contribution in [0.4, 0.5) is 0 Å². The van der Waals surface area contributed by atoms with Crippen molar-refractivity contribution in [3.8, 4) is 17.2 Å². The smallest absolute Gasteiger partial charge is 0.172 e. The second-order valence-corrected chi connectivity index (χ2v) is 4.33. The zero-order valence-corrected chi connectivity index (χ0v) is 12.0. The van der Waals surface area contributed by atoms with Crippen molar-refractivity contribution in [2.45, 2.75) is 6.92 Å². The van der Waals surface area contributed by atoms with Crippen LogP contribution in [0.15, 0.2) is 36.4 Å². The molecule has 0 amide bonds. The molecule has 5 nitrogen and oxygen atoms in total. The fourth-order valence-corrected chi connectivity index (χ4v) is 1.75. The zero-order valence-electron chi connectivity index (χ0n) is 12.0. The van der Waals surface area contributed by atoms with Crippen LogP contribution in [0.3, 0.4) is 0 Å². The van der Waals surface area contributed by atoms with E-state index in [9.17, 15) is 4.79 Å². The van der Waals surface area contributed by atoms with E-state index in [2.05, 4.69) is 4.98 Å². The number of carbonyl (C=O) groups is 1. The maximum Gasteiger partial charge on any atom is 0.172 e. The minimum absolute atomic E-state index is 0.305. The molecule has 0 atom stereocenters. The maximum absolute atomic E-state index is 10.9. The molecule has 0 radical (unpaired) electrons. The molecule has 2 aromatic rings. The van der Waals surface area contributed by atoms with Gasteiger partial charge in [0, 0.05) is 5.69 Å². The third-order valence-corrected chi connectivity index (χ3v) is 2.81. The van der Waals surface area contributed by atoms with E-state index in [-0.39, 0.29) is 0 Å². The first-order chi connectivity index (χ1) is 10.2. The molecule has 0 bridgehead atoms. The summed E-state index contributed by atoms with van der Waals surface area (Å²) in [6.45, 7) is 2.53. The standard InChI is InChI=1S/C16H17NO4/c1-12-3-8-16(15(11-18)17-12)21-10-9-20-14-6-4-13(19-2)5-7-14/h3-8,11H,9-10H2,1-2H3. The molecule has 0 saturated carbocycles. The van der Waals surface area contributed by atoms with Gasteiger partial charge in [-0.15, -0.1) is 0 Å².